The third-order valence-corrected chi connectivity index (χ3v) is 5.93. The van der Waals surface area contributed by atoms with Gasteiger partial charge in [0.05, 0.1) is 25.6 Å². The summed E-state index contributed by atoms with van der Waals surface area (Å²) in [6, 6.07) is 8.52. The van der Waals surface area contributed by atoms with Crippen LogP contribution in [-0.4, -0.2) is 35.3 Å². The summed E-state index contributed by atoms with van der Waals surface area (Å²) in [6.45, 7) is 0.202. The SMILES string of the molecule is COc1cnc(C(=O)NCc2cccc(CC(=O)O)c2)cc1/C=C/[C@H]1CC[C@H](C(F)(F)F)CC1. The maximum Gasteiger partial charge on any atom is 0.391 e. The Morgan fingerprint density at radius 2 is 1.88 bits per heavy atom. The Morgan fingerprint density at radius 1 is 1.18 bits per heavy atom. The number of aromatic nitrogens is 1. The fraction of sp³-hybridized carbons (Fsp3) is 0.400. The number of nitrogens with zero attached hydrogens (tertiary/aromatic N) is 1. The molecule has 0 radical (unpaired) electrons. The van der Waals surface area contributed by atoms with Crippen molar-refractivity contribution in [3.8, 4) is 5.75 Å². The molecule has 3 rings (SSSR count). The number of carboxylic acid groups (broad SMARTS) is 1. The second-order valence-electron chi connectivity index (χ2n) is 8.40. The van der Waals surface area contributed by atoms with Gasteiger partial charge in [-0.3, -0.25) is 9.59 Å². The first kappa shape index (κ1) is 25.3. The van der Waals surface area contributed by atoms with Crippen LogP contribution in [0, 0.1) is 11.8 Å². The van der Waals surface area contributed by atoms with E-state index in [1.54, 1.807) is 36.4 Å². The number of benzene rings is 1. The molecule has 1 amide bonds. The van der Waals surface area contributed by atoms with E-state index < -0.39 is 24.0 Å². The molecule has 0 atom stereocenters. The molecule has 1 fully saturated rings. The van der Waals surface area contributed by atoms with Crippen LogP contribution in [0.25, 0.3) is 6.08 Å². The first-order chi connectivity index (χ1) is 16.2. The molecule has 1 saturated carbocycles. The molecule has 0 unspecified atom stereocenters. The number of pyridine rings is 1. The number of carbonyl (C=O) groups is 2. The van der Waals surface area contributed by atoms with E-state index >= 15 is 0 Å². The van der Waals surface area contributed by atoms with Crippen molar-refractivity contribution in [3.63, 3.8) is 0 Å². The monoisotopic (exact) mass is 476 g/mol. The molecule has 2 aromatic rings. The normalized spacial score (nSPS) is 18.6. The van der Waals surface area contributed by atoms with Gasteiger partial charge >= 0.3 is 12.1 Å². The number of amides is 1. The lowest BCUT2D eigenvalue weighted by Crippen LogP contribution is -2.27. The van der Waals surface area contributed by atoms with Crippen molar-refractivity contribution < 1.29 is 32.6 Å². The van der Waals surface area contributed by atoms with Crippen molar-refractivity contribution in [3.05, 3.63) is 65.0 Å². The van der Waals surface area contributed by atoms with Gasteiger partial charge in [0.2, 0.25) is 0 Å². The average Bonchev–Trinajstić information content (AvgIpc) is 2.80. The molecule has 6 nitrogen and oxygen atoms in total. The zero-order chi connectivity index (χ0) is 24.7. The molecule has 1 aromatic carbocycles. The van der Waals surface area contributed by atoms with E-state index in [9.17, 15) is 22.8 Å². The molecule has 1 aromatic heterocycles. The zero-order valence-electron chi connectivity index (χ0n) is 18.8. The number of halogens is 3. The number of rotatable bonds is 8. The van der Waals surface area contributed by atoms with Gasteiger partial charge in [0, 0.05) is 12.1 Å². The van der Waals surface area contributed by atoms with Crippen molar-refractivity contribution in [2.45, 2.75) is 44.8 Å². The summed E-state index contributed by atoms with van der Waals surface area (Å²) in [5.74, 6) is -2.08. The fourth-order valence-electron chi connectivity index (χ4n) is 4.06. The molecule has 1 heterocycles. The second kappa shape index (κ2) is 11.2. The molecule has 0 spiro atoms. The molecule has 0 saturated heterocycles. The highest BCUT2D eigenvalue weighted by Gasteiger charge is 2.40. The van der Waals surface area contributed by atoms with Gasteiger partial charge in [0.15, 0.2) is 0 Å². The van der Waals surface area contributed by atoms with Crippen LogP contribution in [0.3, 0.4) is 0 Å². The van der Waals surface area contributed by atoms with E-state index in [0.29, 0.717) is 29.7 Å². The van der Waals surface area contributed by atoms with Crippen LogP contribution >= 0.6 is 0 Å². The van der Waals surface area contributed by atoms with Crippen molar-refractivity contribution in [2.24, 2.45) is 11.8 Å². The average molecular weight is 476 g/mol. The van der Waals surface area contributed by atoms with Crippen LogP contribution in [0.1, 0.15) is 52.9 Å². The van der Waals surface area contributed by atoms with Gasteiger partial charge in [-0.15, -0.1) is 0 Å². The van der Waals surface area contributed by atoms with Crippen molar-refractivity contribution in [2.75, 3.05) is 7.11 Å². The Balaban J connectivity index is 1.64. The first-order valence-corrected chi connectivity index (χ1v) is 11.0. The topological polar surface area (TPSA) is 88.5 Å². The Labute approximate surface area is 195 Å². The number of ether oxygens (including phenoxy) is 1. The van der Waals surface area contributed by atoms with E-state index in [0.717, 1.165) is 5.56 Å². The lowest BCUT2D eigenvalue weighted by atomic mass is 9.81. The number of alkyl halides is 3. The van der Waals surface area contributed by atoms with Crippen LogP contribution in [0.15, 0.2) is 42.6 Å². The fourth-order valence-corrected chi connectivity index (χ4v) is 4.06. The minimum absolute atomic E-state index is 0.0341. The Hall–Kier alpha value is -3.36. The van der Waals surface area contributed by atoms with Crippen LogP contribution in [0.4, 0.5) is 13.2 Å². The molecular weight excluding hydrogens is 449 g/mol. The molecule has 1 aliphatic carbocycles. The zero-order valence-corrected chi connectivity index (χ0v) is 18.8. The molecular formula is C25H27F3N2O4. The van der Waals surface area contributed by atoms with Crippen LogP contribution in [0.5, 0.6) is 5.75 Å². The molecule has 0 aliphatic heterocycles. The lowest BCUT2D eigenvalue weighted by Gasteiger charge is -2.28. The number of hydrogen-bond donors (Lipinski definition) is 2. The van der Waals surface area contributed by atoms with Gasteiger partial charge < -0.3 is 15.2 Å². The Kier molecular flexibility index (Phi) is 8.31. The number of aliphatic carboxylic acids is 1. The van der Waals surface area contributed by atoms with E-state index in [4.69, 9.17) is 9.84 Å². The van der Waals surface area contributed by atoms with Crippen molar-refractivity contribution in [1.82, 2.24) is 10.3 Å². The predicted octanol–water partition coefficient (Wildman–Crippen LogP) is 5.03. The largest absolute Gasteiger partial charge is 0.495 e. The Bertz CT molecular complexity index is 1040. The number of allylic oxidation sites excluding steroid dienone is 1. The lowest BCUT2D eigenvalue weighted by molar-refractivity contribution is -0.183. The maximum absolute atomic E-state index is 12.9. The molecule has 9 heteroatoms. The van der Waals surface area contributed by atoms with E-state index in [1.165, 1.54) is 13.3 Å². The quantitative estimate of drug-likeness (QED) is 0.558. The van der Waals surface area contributed by atoms with E-state index in [-0.39, 0.29) is 37.4 Å². The van der Waals surface area contributed by atoms with E-state index in [2.05, 4.69) is 10.3 Å². The standard InChI is InChI=1S/C25H27F3N2O4/c1-34-22-15-29-21(24(33)30-14-18-4-2-3-17(11-18)12-23(31)32)13-19(22)8-5-16-6-9-20(10-7-16)25(26,27)28/h2-5,8,11,13,15-16,20H,6-7,9-10,12,14H2,1H3,(H,30,33)(H,31,32)/b8-5+/t16-,20-. The number of carboxylic acids is 1. The van der Waals surface area contributed by atoms with Gasteiger partial charge in [-0.05, 0) is 48.8 Å². The van der Waals surface area contributed by atoms with Crippen LogP contribution < -0.4 is 10.1 Å². The first-order valence-electron chi connectivity index (χ1n) is 11.0. The van der Waals surface area contributed by atoms with Crippen molar-refractivity contribution in [1.29, 1.82) is 0 Å². The maximum atomic E-state index is 12.9. The molecule has 1 aliphatic rings. The highest BCUT2D eigenvalue weighted by Crippen LogP contribution is 2.40. The molecule has 2 N–H and O–H groups in total. The van der Waals surface area contributed by atoms with Gasteiger partial charge in [0.1, 0.15) is 11.4 Å². The smallest absolute Gasteiger partial charge is 0.391 e. The highest BCUT2D eigenvalue weighted by atomic mass is 19.4. The number of carbonyl (C=O) groups excluding carboxylic acids is 1. The van der Waals surface area contributed by atoms with Crippen LogP contribution in [0.2, 0.25) is 0 Å². The minimum Gasteiger partial charge on any atom is -0.495 e. The van der Waals surface area contributed by atoms with Gasteiger partial charge in [-0.2, -0.15) is 13.2 Å². The summed E-state index contributed by atoms with van der Waals surface area (Å²) in [5.41, 5.74) is 2.18. The number of hydrogen-bond acceptors (Lipinski definition) is 4. The summed E-state index contributed by atoms with van der Waals surface area (Å²) in [5, 5.41) is 11.7. The third-order valence-electron chi connectivity index (χ3n) is 5.93. The summed E-state index contributed by atoms with van der Waals surface area (Å²) in [6.07, 6.45) is 2.00. The van der Waals surface area contributed by atoms with Gasteiger partial charge in [-0.1, -0.05) is 36.4 Å². The summed E-state index contributed by atoms with van der Waals surface area (Å²) in [4.78, 5) is 27.7. The number of methoxy groups -OCH3 is 1. The molecule has 0 bridgehead atoms. The van der Waals surface area contributed by atoms with Crippen molar-refractivity contribution >= 4 is 18.0 Å². The van der Waals surface area contributed by atoms with Crippen LogP contribution in [-0.2, 0) is 17.8 Å². The Morgan fingerprint density at radius 3 is 2.53 bits per heavy atom. The van der Waals surface area contributed by atoms with Gasteiger partial charge in [0.25, 0.3) is 5.91 Å². The highest BCUT2D eigenvalue weighted by molar-refractivity contribution is 5.93. The summed E-state index contributed by atoms with van der Waals surface area (Å²) < 4.78 is 43.9. The summed E-state index contributed by atoms with van der Waals surface area (Å²) in [7, 11) is 1.48. The molecule has 182 valence electrons. The minimum atomic E-state index is -4.14. The third kappa shape index (κ3) is 7.07. The van der Waals surface area contributed by atoms with Gasteiger partial charge in [-0.25, -0.2) is 4.98 Å². The predicted molar refractivity (Wildman–Crippen MR) is 120 cm³/mol. The second-order valence-corrected chi connectivity index (χ2v) is 8.40. The molecule has 34 heavy (non-hydrogen) atoms. The number of nitrogens with one attached hydrogen (secondary N) is 1. The summed E-state index contributed by atoms with van der Waals surface area (Å²) >= 11 is 0. The van der Waals surface area contributed by atoms with E-state index in [1.807, 2.05) is 6.08 Å².